The van der Waals surface area contributed by atoms with E-state index in [2.05, 4.69) is 79.7 Å². The number of ether oxygens (including phenoxy) is 1. The molecule has 1 aliphatic carbocycles. The molecule has 1 fully saturated rings. The molecule has 0 bridgehead atoms. The van der Waals surface area contributed by atoms with Gasteiger partial charge in [-0.15, -0.1) is 0 Å². The van der Waals surface area contributed by atoms with Crippen LogP contribution in [0.25, 0.3) is 5.57 Å². The lowest BCUT2D eigenvalue weighted by Gasteiger charge is -2.09. The molecule has 2 nitrogen and oxygen atoms in total. The summed E-state index contributed by atoms with van der Waals surface area (Å²) in [5.41, 5.74) is 5.99. The van der Waals surface area contributed by atoms with Crippen LogP contribution in [0, 0.1) is 12.8 Å². The van der Waals surface area contributed by atoms with Crippen molar-refractivity contribution in [1.82, 2.24) is 0 Å². The molecular weight excluding hydrogens is 356 g/mol. The topological polar surface area (TPSA) is 26.3 Å². The van der Waals surface area contributed by atoms with Crippen molar-refractivity contribution in [2.24, 2.45) is 5.92 Å². The van der Waals surface area contributed by atoms with Crippen molar-refractivity contribution in [1.29, 1.82) is 0 Å². The number of carbonyl (C=O) groups excluding carboxylic acids is 1. The smallest absolute Gasteiger partial charge is 0.331 e. The van der Waals surface area contributed by atoms with E-state index in [-0.39, 0.29) is 11.9 Å². The highest BCUT2D eigenvalue weighted by Gasteiger charge is 2.53. The lowest BCUT2D eigenvalue weighted by atomic mass is 9.96. The Bertz CT molecular complexity index is 942. The van der Waals surface area contributed by atoms with Crippen LogP contribution in [0.2, 0.25) is 0 Å². The van der Waals surface area contributed by atoms with Gasteiger partial charge in [-0.05, 0) is 53.9 Å². The zero-order chi connectivity index (χ0) is 20.2. The van der Waals surface area contributed by atoms with Crippen LogP contribution in [0.1, 0.15) is 41.0 Å². The molecule has 0 aliphatic heterocycles. The summed E-state index contributed by atoms with van der Waals surface area (Å²) in [6.07, 6.45) is 1.71. The third-order valence-corrected chi connectivity index (χ3v) is 5.69. The van der Waals surface area contributed by atoms with Gasteiger partial charge < -0.3 is 4.74 Å². The molecule has 0 unspecified atom stereocenters. The maximum atomic E-state index is 12.4. The molecule has 0 radical (unpaired) electrons. The number of rotatable bonds is 6. The average molecular weight is 383 g/mol. The summed E-state index contributed by atoms with van der Waals surface area (Å²) in [5.74, 6) is 0.668. The van der Waals surface area contributed by atoms with Crippen molar-refractivity contribution >= 4 is 11.5 Å². The number of allylic oxidation sites excluding steroid dienone is 1. The first-order valence-corrected chi connectivity index (χ1v) is 10.2. The Morgan fingerprint density at radius 2 is 1.34 bits per heavy atom. The van der Waals surface area contributed by atoms with Crippen molar-refractivity contribution in [3.8, 4) is 0 Å². The maximum absolute atomic E-state index is 12.4. The predicted octanol–water partition coefficient (Wildman–Crippen LogP) is 6.14. The molecule has 0 aromatic heterocycles. The molecule has 0 spiro atoms. The monoisotopic (exact) mass is 382 g/mol. The van der Waals surface area contributed by atoms with Crippen LogP contribution in [-0.2, 0) is 9.53 Å². The minimum absolute atomic E-state index is 0.243. The molecule has 3 aromatic rings. The standard InChI is InChI=1S/C27H26O2/c1-3-29-24(28)18-23(20-16-14-19(2)15-17-20)27-25(21-10-6-4-7-11-21)26(27)22-12-8-5-9-13-22/h4-18,25-27H,3H2,1-2H3/b23-18+/t25-,26-/m0/s1. The van der Waals surface area contributed by atoms with Gasteiger partial charge >= 0.3 is 5.97 Å². The van der Waals surface area contributed by atoms with E-state index in [1.165, 1.54) is 16.7 Å². The molecule has 2 heteroatoms. The molecule has 0 N–H and O–H groups in total. The number of benzene rings is 3. The maximum Gasteiger partial charge on any atom is 0.331 e. The Hall–Kier alpha value is -3.13. The number of esters is 1. The van der Waals surface area contributed by atoms with Crippen LogP contribution >= 0.6 is 0 Å². The van der Waals surface area contributed by atoms with Gasteiger partial charge in [0, 0.05) is 6.08 Å². The largest absolute Gasteiger partial charge is 0.463 e. The summed E-state index contributed by atoms with van der Waals surface area (Å²) >= 11 is 0. The van der Waals surface area contributed by atoms with Gasteiger partial charge in [0.25, 0.3) is 0 Å². The van der Waals surface area contributed by atoms with Crippen molar-refractivity contribution < 1.29 is 9.53 Å². The average Bonchev–Trinajstić information content (AvgIpc) is 3.50. The highest BCUT2D eigenvalue weighted by atomic mass is 16.5. The molecule has 0 heterocycles. The highest BCUT2D eigenvalue weighted by Crippen LogP contribution is 2.65. The van der Waals surface area contributed by atoms with Crippen LogP contribution in [0.4, 0.5) is 0 Å². The third-order valence-electron chi connectivity index (χ3n) is 5.69. The minimum atomic E-state index is -0.270. The Morgan fingerprint density at radius 1 is 0.828 bits per heavy atom. The fourth-order valence-electron chi connectivity index (χ4n) is 4.31. The van der Waals surface area contributed by atoms with Crippen LogP contribution in [0.3, 0.4) is 0 Å². The first kappa shape index (κ1) is 19.2. The fourth-order valence-corrected chi connectivity index (χ4v) is 4.31. The second-order valence-corrected chi connectivity index (χ2v) is 7.62. The predicted molar refractivity (Wildman–Crippen MR) is 118 cm³/mol. The quantitative estimate of drug-likeness (QED) is 0.378. The van der Waals surface area contributed by atoms with Gasteiger partial charge in [0.15, 0.2) is 0 Å². The minimum Gasteiger partial charge on any atom is -0.463 e. The molecule has 3 aromatic carbocycles. The molecular formula is C27H26O2. The molecule has 1 aliphatic rings. The van der Waals surface area contributed by atoms with Gasteiger partial charge in [-0.3, -0.25) is 0 Å². The van der Waals surface area contributed by atoms with Crippen molar-refractivity contribution in [3.63, 3.8) is 0 Å². The first-order chi connectivity index (χ1) is 14.2. The normalized spacial score (nSPS) is 20.9. The van der Waals surface area contributed by atoms with E-state index in [0.29, 0.717) is 18.4 Å². The SMILES string of the molecule is CCOC(=O)/C=C(\c1ccc(C)cc1)C1[C@@H](c2ccccc2)[C@@H]1c1ccccc1. The Kier molecular flexibility index (Phi) is 5.62. The highest BCUT2D eigenvalue weighted by molar-refractivity contribution is 5.93. The van der Waals surface area contributed by atoms with Gasteiger partial charge in [-0.1, -0.05) is 90.5 Å². The van der Waals surface area contributed by atoms with Crippen LogP contribution in [0.15, 0.2) is 91.0 Å². The second kappa shape index (κ2) is 8.48. The number of aryl methyl sites for hydroxylation is 1. The lowest BCUT2D eigenvalue weighted by molar-refractivity contribution is -0.137. The Labute approximate surface area is 172 Å². The summed E-state index contributed by atoms with van der Waals surface area (Å²) in [6, 6.07) is 29.7. The molecule has 4 rings (SSSR count). The summed E-state index contributed by atoms with van der Waals surface area (Å²) < 4.78 is 5.26. The van der Waals surface area contributed by atoms with Gasteiger partial charge in [-0.2, -0.15) is 0 Å². The zero-order valence-corrected chi connectivity index (χ0v) is 16.9. The van der Waals surface area contributed by atoms with Crippen molar-refractivity contribution in [2.75, 3.05) is 6.61 Å². The van der Waals surface area contributed by atoms with Gasteiger partial charge in [0.2, 0.25) is 0 Å². The van der Waals surface area contributed by atoms with E-state index in [9.17, 15) is 4.79 Å². The number of carbonyl (C=O) groups is 1. The van der Waals surface area contributed by atoms with Gasteiger partial charge in [0.05, 0.1) is 6.61 Å². The van der Waals surface area contributed by atoms with Gasteiger partial charge in [0.1, 0.15) is 0 Å². The molecule has 1 saturated carbocycles. The van der Waals surface area contributed by atoms with E-state index in [0.717, 1.165) is 11.1 Å². The second-order valence-electron chi connectivity index (χ2n) is 7.62. The van der Waals surface area contributed by atoms with Crippen LogP contribution in [-0.4, -0.2) is 12.6 Å². The zero-order valence-electron chi connectivity index (χ0n) is 16.9. The molecule has 2 atom stereocenters. The molecule has 0 saturated heterocycles. The number of hydrogen-bond acceptors (Lipinski definition) is 2. The molecule has 29 heavy (non-hydrogen) atoms. The van der Waals surface area contributed by atoms with Crippen molar-refractivity contribution in [2.45, 2.75) is 25.7 Å². The summed E-state index contributed by atoms with van der Waals surface area (Å²) in [5, 5.41) is 0. The van der Waals surface area contributed by atoms with E-state index < -0.39 is 0 Å². The van der Waals surface area contributed by atoms with Crippen LogP contribution < -0.4 is 0 Å². The van der Waals surface area contributed by atoms with Gasteiger partial charge in [-0.25, -0.2) is 4.79 Å². The van der Waals surface area contributed by atoms with Crippen molar-refractivity contribution in [3.05, 3.63) is 113 Å². The summed E-state index contributed by atoms with van der Waals surface area (Å²) in [7, 11) is 0. The van der Waals surface area contributed by atoms with E-state index >= 15 is 0 Å². The summed E-state index contributed by atoms with van der Waals surface area (Å²) in [6.45, 7) is 4.30. The molecule has 0 amide bonds. The van der Waals surface area contributed by atoms with E-state index in [1.807, 2.05) is 19.1 Å². The molecule has 146 valence electrons. The van der Waals surface area contributed by atoms with Crippen LogP contribution in [0.5, 0.6) is 0 Å². The van der Waals surface area contributed by atoms with E-state index in [4.69, 9.17) is 4.74 Å². The number of hydrogen-bond donors (Lipinski definition) is 0. The first-order valence-electron chi connectivity index (χ1n) is 10.2. The Balaban J connectivity index is 1.78. The lowest BCUT2D eigenvalue weighted by Crippen LogP contribution is -2.03. The fraction of sp³-hybridized carbons (Fsp3) is 0.222. The van der Waals surface area contributed by atoms with E-state index in [1.54, 1.807) is 6.08 Å². The third kappa shape index (κ3) is 4.17. The summed E-state index contributed by atoms with van der Waals surface area (Å²) in [4.78, 5) is 12.4. The Morgan fingerprint density at radius 3 is 1.83 bits per heavy atom.